The molecule has 1 aliphatic heterocycles. The third kappa shape index (κ3) is 4.12. The van der Waals surface area contributed by atoms with E-state index < -0.39 is 17.5 Å². The summed E-state index contributed by atoms with van der Waals surface area (Å²) in [5.41, 5.74) is -0.0823. The number of carbonyl (C=O) groups excluding carboxylic acids is 2. The maximum atomic E-state index is 12.7. The number of esters is 1. The number of nitrogens with zero attached hydrogens (tertiary/aromatic N) is 1. The first kappa shape index (κ1) is 18.0. The molecule has 5 heteroatoms. The Balaban J connectivity index is 2.19. The van der Waals surface area contributed by atoms with Gasteiger partial charge in [-0.25, -0.2) is 0 Å². The topological polar surface area (TPSA) is 65.0 Å². The highest BCUT2D eigenvalue weighted by Gasteiger charge is 2.51. The Hall–Kier alpha value is -1.39. The number of hydrogen-bond donors (Lipinski definition) is 0. The van der Waals surface area contributed by atoms with Gasteiger partial charge in [0.05, 0.1) is 5.71 Å². The maximum absolute atomic E-state index is 12.7. The second kappa shape index (κ2) is 7.45. The quantitative estimate of drug-likeness (QED) is 0.336. The van der Waals surface area contributed by atoms with Crippen LogP contribution in [-0.2, 0) is 19.2 Å². The summed E-state index contributed by atoms with van der Waals surface area (Å²) in [5, 5.41) is 4.01. The summed E-state index contributed by atoms with van der Waals surface area (Å²) in [7, 11) is 0. The monoisotopic (exact) mass is 323 g/mol. The molecule has 0 bridgehead atoms. The molecular weight excluding hydrogens is 294 g/mol. The molecule has 1 heterocycles. The van der Waals surface area contributed by atoms with Crippen molar-refractivity contribution in [2.45, 2.75) is 71.8 Å². The van der Waals surface area contributed by atoms with Crippen LogP contribution in [0.2, 0.25) is 0 Å². The molecule has 1 saturated carbocycles. The molecule has 0 aromatic carbocycles. The summed E-state index contributed by atoms with van der Waals surface area (Å²) >= 11 is 0. The summed E-state index contributed by atoms with van der Waals surface area (Å²) in [5.74, 6) is -0.422. The third-order valence-corrected chi connectivity index (χ3v) is 4.77. The predicted octanol–water partition coefficient (Wildman–Crippen LogP) is 3.51. The normalized spacial score (nSPS) is 35.3. The van der Waals surface area contributed by atoms with E-state index in [0.717, 1.165) is 25.7 Å². The minimum absolute atomic E-state index is 0.0607. The first-order valence-corrected chi connectivity index (χ1v) is 8.85. The van der Waals surface area contributed by atoms with Gasteiger partial charge in [0.15, 0.2) is 11.7 Å². The van der Waals surface area contributed by atoms with E-state index in [9.17, 15) is 9.59 Å². The summed E-state index contributed by atoms with van der Waals surface area (Å²) in [6, 6.07) is 0. The van der Waals surface area contributed by atoms with Crippen LogP contribution < -0.4 is 0 Å². The Bertz CT molecular complexity index is 455. The zero-order valence-electron chi connectivity index (χ0n) is 14.8. The van der Waals surface area contributed by atoms with Gasteiger partial charge in [0, 0.05) is 6.42 Å². The van der Waals surface area contributed by atoms with Crippen molar-refractivity contribution >= 4 is 17.5 Å². The summed E-state index contributed by atoms with van der Waals surface area (Å²) in [6.07, 6.45) is 4.39. The molecule has 2 fully saturated rings. The number of ether oxygens (including phenoxy) is 1. The van der Waals surface area contributed by atoms with E-state index in [1.807, 2.05) is 13.8 Å². The molecule has 0 aromatic rings. The average Bonchev–Trinajstić information content (AvgIpc) is 2.42. The van der Waals surface area contributed by atoms with Gasteiger partial charge in [0.2, 0.25) is 0 Å². The number of ketones is 1. The van der Waals surface area contributed by atoms with Crippen LogP contribution in [0.3, 0.4) is 0 Å². The molecule has 0 aromatic heterocycles. The zero-order chi connectivity index (χ0) is 17.0. The third-order valence-electron chi connectivity index (χ3n) is 4.77. The Kier molecular flexibility index (Phi) is 5.82. The van der Waals surface area contributed by atoms with E-state index in [-0.39, 0.29) is 5.78 Å². The Morgan fingerprint density at radius 2 is 1.91 bits per heavy atom. The number of oxime groups is 1. The number of carbonyl (C=O) groups is 2. The first-order valence-electron chi connectivity index (χ1n) is 8.85. The van der Waals surface area contributed by atoms with E-state index in [4.69, 9.17) is 9.57 Å². The predicted molar refractivity (Wildman–Crippen MR) is 88.1 cm³/mol. The van der Waals surface area contributed by atoms with Crippen LogP contribution in [0.1, 0.15) is 66.2 Å². The van der Waals surface area contributed by atoms with Gasteiger partial charge in [-0.15, -0.1) is 0 Å². The van der Waals surface area contributed by atoms with Crippen molar-refractivity contribution in [3.8, 4) is 0 Å². The molecule has 2 rings (SSSR count). The first-order chi connectivity index (χ1) is 10.9. The van der Waals surface area contributed by atoms with Crippen molar-refractivity contribution in [1.29, 1.82) is 0 Å². The standard InChI is InChI=1S/C18H29NO4/c1-5-7-14(19-22-6-2)16-15(20)11-18(23-17(16)21)9-12(3)8-13(4)10-18/h12-13,16H,5-11H2,1-4H3/b19-14-. The van der Waals surface area contributed by atoms with Gasteiger partial charge in [0.1, 0.15) is 12.2 Å². The lowest BCUT2D eigenvalue weighted by atomic mass is 9.69. The molecule has 1 spiro atoms. The molecule has 2 aliphatic rings. The Morgan fingerprint density at radius 3 is 2.43 bits per heavy atom. The van der Waals surface area contributed by atoms with E-state index in [0.29, 0.717) is 37.0 Å². The van der Waals surface area contributed by atoms with Gasteiger partial charge in [-0.05, 0) is 44.4 Å². The van der Waals surface area contributed by atoms with Crippen molar-refractivity contribution in [3.05, 3.63) is 0 Å². The minimum Gasteiger partial charge on any atom is -0.458 e. The van der Waals surface area contributed by atoms with E-state index >= 15 is 0 Å². The average molecular weight is 323 g/mol. The van der Waals surface area contributed by atoms with Gasteiger partial charge >= 0.3 is 5.97 Å². The summed E-state index contributed by atoms with van der Waals surface area (Å²) in [4.78, 5) is 30.4. The second-order valence-electron chi connectivity index (χ2n) is 7.28. The van der Waals surface area contributed by atoms with Crippen LogP contribution in [0.4, 0.5) is 0 Å². The van der Waals surface area contributed by atoms with Crippen LogP contribution in [0.25, 0.3) is 0 Å². The smallest absolute Gasteiger partial charge is 0.322 e. The van der Waals surface area contributed by atoms with Gasteiger partial charge in [0.25, 0.3) is 0 Å². The maximum Gasteiger partial charge on any atom is 0.322 e. The van der Waals surface area contributed by atoms with E-state index in [1.54, 1.807) is 0 Å². The fourth-order valence-corrected chi connectivity index (χ4v) is 4.26. The molecular formula is C18H29NO4. The molecule has 3 unspecified atom stereocenters. The second-order valence-corrected chi connectivity index (χ2v) is 7.28. The lowest BCUT2D eigenvalue weighted by Crippen LogP contribution is -2.52. The van der Waals surface area contributed by atoms with Crippen LogP contribution in [-0.4, -0.2) is 29.7 Å². The number of Topliss-reactive ketones (excluding diaryl/α,β-unsaturated/α-hetero) is 1. The number of rotatable bonds is 5. The van der Waals surface area contributed by atoms with Crippen molar-refractivity contribution in [2.24, 2.45) is 22.9 Å². The minimum atomic E-state index is -0.875. The lowest BCUT2D eigenvalue weighted by Gasteiger charge is -2.45. The highest BCUT2D eigenvalue weighted by atomic mass is 16.6. The molecule has 1 aliphatic carbocycles. The zero-order valence-corrected chi connectivity index (χ0v) is 14.8. The van der Waals surface area contributed by atoms with Crippen LogP contribution >= 0.6 is 0 Å². The van der Waals surface area contributed by atoms with Crippen molar-refractivity contribution in [1.82, 2.24) is 0 Å². The van der Waals surface area contributed by atoms with Gasteiger partial charge in [-0.2, -0.15) is 0 Å². The van der Waals surface area contributed by atoms with Gasteiger partial charge in [-0.3, -0.25) is 9.59 Å². The van der Waals surface area contributed by atoms with Crippen molar-refractivity contribution in [2.75, 3.05) is 6.61 Å². The SMILES string of the molecule is CCC/C(=N/OCC)C1C(=O)CC2(CC(C)CC(C)C2)OC1=O. The Labute approximate surface area is 138 Å². The van der Waals surface area contributed by atoms with Crippen molar-refractivity contribution < 1.29 is 19.2 Å². The van der Waals surface area contributed by atoms with Crippen molar-refractivity contribution in [3.63, 3.8) is 0 Å². The highest BCUT2D eigenvalue weighted by Crippen LogP contribution is 2.44. The van der Waals surface area contributed by atoms with Gasteiger partial charge in [-0.1, -0.05) is 32.3 Å². The fraction of sp³-hybridized carbons (Fsp3) is 0.833. The molecule has 3 atom stereocenters. The molecule has 1 saturated heterocycles. The highest BCUT2D eigenvalue weighted by molar-refractivity contribution is 6.20. The van der Waals surface area contributed by atoms with Gasteiger partial charge < -0.3 is 9.57 Å². The van der Waals surface area contributed by atoms with Crippen LogP contribution in [0, 0.1) is 17.8 Å². The molecule has 0 radical (unpaired) electrons. The number of hydrogen-bond acceptors (Lipinski definition) is 5. The van der Waals surface area contributed by atoms with E-state index in [2.05, 4.69) is 19.0 Å². The fourth-order valence-electron chi connectivity index (χ4n) is 4.26. The lowest BCUT2D eigenvalue weighted by molar-refractivity contribution is -0.181. The molecule has 0 N–H and O–H groups in total. The molecule has 0 amide bonds. The van der Waals surface area contributed by atoms with E-state index in [1.165, 1.54) is 0 Å². The van der Waals surface area contributed by atoms with Crippen LogP contribution in [0.15, 0.2) is 5.16 Å². The molecule has 23 heavy (non-hydrogen) atoms. The van der Waals surface area contributed by atoms with Crippen LogP contribution in [0.5, 0.6) is 0 Å². The molecule has 130 valence electrons. The summed E-state index contributed by atoms with van der Waals surface area (Å²) < 4.78 is 5.85. The molecule has 5 nitrogen and oxygen atoms in total. The Morgan fingerprint density at radius 1 is 1.26 bits per heavy atom. The summed E-state index contributed by atoms with van der Waals surface area (Å²) in [6.45, 7) is 8.57. The largest absolute Gasteiger partial charge is 0.458 e.